The number of ether oxygens (including phenoxy) is 1. The highest BCUT2D eigenvalue weighted by molar-refractivity contribution is 6.00. The molecule has 1 aromatic heterocycles. The lowest BCUT2D eigenvalue weighted by atomic mass is 9.99. The number of aliphatic hydroxyl groups is 1. The molecule has 1 aliphatic carbocycles. The fraction of sp³-hybridized carbons (Fsp3) is 0.381. The summed E-state index contributed by atoms with van der Waals surface area (Å²) in [6.45, 7) is 1.47. The van der Waals surface area contributed by atoms with Crippen LogP contribution in [-0.4, -0.2) is 42.0 Å². The van der Waals surface area contributed by atoms with Crippen molar-refractivity contribution in [3.8, 4) is 0 Å². The monoisotopic (exact) mass is 366 g/mol. The van der Waals surface area contributed by atoms with E-state index in [4.69, 9.17) is 4.74 Å². The number of amides is 1. The maximum atomic E-state index is 12.8. The smallest absolute Gasteiger partial charge is 0.269 e. The maximum absolute atomic E-state index is 12.8. The summed E-state index contributed by atoms with van der Waals surface area (Å²) in [6, 6.07) is 12.2. The van der Waals surface area contributed by atoms with Crippen LogP contribution in [0.2, 0.25) is 0 Å². The molecule has 140 valence electrons. The Morgan fingerprint density at radius 1 is 1.22 bits per heavy atom. The van der Waals surface area contributed by atoms with Gasteiger partial charge in [-0.1, -0.05) is 30.3 Å². The minimum atomic E-state index is -1.00. The number of aliphatic hydroxyl groups excluding tert-OH is 1. The molecule has 2 N–H and O–H groups in total. The molecule has 1 unspecified atom stereocenters. The normalized spacial score (nSPS) is 24.1. The number of hydrogen-bond acceptors (Lipinski definition) is 5. The lowest BCUT2D eigenvalue weighted by Crippen LogP contribution is -2.21. The molecule has 1 aromatic carbocycles. The molecule has 1 saturated carbocycles. The molecule has 1 amide bonds. The first-order chi connectivity index (χ1) is 13.1. The van der Waals surface area contributed by atoms with Crippen molar-refractivity contribution in [3.05, 3.63) is 65.0 Å². The molecule has 4 rings (SSSR count). The SMILES string of the molecule is CNC(=O)c1cc(C(=O)CC2[C@H]3COC[C@@H]23)cc([C@H](O)c2ccccc2)n1. The summed E-state index contributed by atoms with van der Waals surface area (Å²) in [6.07, 6.45) is -0.562. The van der Waals surface area contributed by atoms with Crippen LogP contribution in [-0.2, 0) is 4.74 Å². The van der Waals surface area contributed by atoms with E-state index in [1.165, 1.54) is 13.1 Å². The number of pyridine rings is 1. The minimum absolute atomic E-state index is 0.0246. The van der Waals surface area contributed by atoms with Crippen molar-refractivity contribution in [2.75, 3.05) is 20.3 Å². The van der Waals surface area contributed by atoms with E-state index in [2.05, 4.69) is 10.3 Å². The van der Waals surface area contributed by atoms with Crippen LogP contribution in [0.3, 0.4) is 0 Å². The number of nitrogens with one attached hydrogen (secondary N) is 1. The summed E-state index contributed by atoms with van der Waals surface area (Å²) in [5.74, 6) is 0.934. The second-order valence-electron chi connectivity index (χ2n) is 7.21. The van der Waals surface area contributed by atoms with Crippen LogP contribution < -0.4 is 5.32 Å². The number of fused-ring (bicyclic) bond motifs is 1. The third-order valence-corrected chi connectivity index (χ3v) is 5.57. The van der Waals surface area contributed by atoms with E-state index >= 15 is 0 Å². The van der Waals surface area contributed by atoms with Crippen LogP contribution in [0.15, 0.2) is 42.5 Å². The highest BCUT2D eigenvalue weighted by Crippen LogP contribution is 2.52. The Morgan fingerprint density at radius 3 is 2.59 bits per heavy atom. The van der Waals surface area contributed by atoms with E-state index in [1.807, 2.05) is 18.2 Å². The average Bonchev–Trinajstić information content (AvgIpc) is 3.13. The van der Waals surface area contributed by atoms with Crippen LogP contribution in [0, 0.1) is 17.8 Å². The van der Waals surface area contributed by atoms with Crippen molar-refractivity contribution in [1.29, 1.82) is 0 Å². The molecule has 6 heteroatoms. The molecule has 4 atom stereocenters. The van der Waals surface area contributed by atoms with Gasteiger partial charge in [0.05, 0.1) is 18.9 Å². The Morgan fingerprint density at radius 2 is 1.93 bits per heavy atom. The molecule has 6 nitrogen and oxygen atoms in total. The van der Waals surface area contributed by atoms with E-state index in [9.17, 15) is 14.7 Å². The second-order valence-corrected chi connectivity index (χ2v) is 7.21. The third kappa shape index (κ3) is 3.50. The molecule has 1 saturated heterocycles. The first kappa shape index (κ1) is 17.8. The van der Waals surface area contributed by atoms with E-state index in [0.717, 1.165) is 13.2 Å². The van der Waals surface area contributed by atoms with Gasteiger partial charge in [-0.25, -0.2) is 4.98 Å². The molecule has 0 bridgehead atoms. The lowest BCUT2D eigenvalue weighted by Gasteiger charge is -2.14. The molecule has 27 heavy (non-hydrogen) atoms. The summed E-state index contributed by atoms with van der Waals surface area (Å²) in [7, 11) is 1.51. The van der Waals surface area contributed by atoms with Gasteiger partial charge < -0.3 is 15.2 Å². The Kier molecular flexibility index (Phi) is 4.76. The lowest BCUT2D eigenvalue weighted by molar-refractivity contribution is 0.0950. The van der Waals surface area contributed by atoms with E-state index < -0.39 is 6.10 Å². The second kappa shape index (κ2) is 7.21. The summed E-state index contributed by atoms with van der Waals surface area (Å²) >= 11 is 0. The largest absolute Gasteiger partial charge is 0.382 e. The number of ketones is 1. The first-order valence-electron chi connectivity index (χ1n) is 9.16. The zero-order chi connectivity index (χ0) is 19.0. The van der Waals surface area contributed by atoms with Crippen molar-refractivity contribution in [2.45, 2.75) is 12.5 Å². The maximum Gasteiger partial charge on any atom is 0.269 e. The highest BCUT2D eigenvalue weighted by Gasteiger charge is 2.54. The summed E-state index contributed by atoms with van der Waals surface area (Å²) < 4.78 is 5.38. The number of rotatable bonds is 6. The average molecular weight is 366 g/mol. The Labute approximate surface area is 157 Å². The molecule has 2 fully saturated rings. The topological polar surface area (TPSA) is 88.5 Å². The van der Waals surface area contributed by atoms with Gasteiger partial charge in [-0.15, -0.1) is 0 Å². The standard InChI is InChI=1S/C21H22N2O4/c1-22-21(26)18-8-13(19(24)9-14-15-10-27-11-16(14)15)7-17(23-18)20(25)12-5-3-2-4-6-12/h2-8,14-16,20,25H,9-11H2,1H3,(H,22,26)/t14?,15-,16+,20-/m1/s1. The third-order valence-electron chi connectivity index (χ3n) is 5.57. The van der Waals surface area contributed by atoms with Gasteiger partial charge in [0.1, 0.15) is 11.8 Å². The molecular formula is C21H22N2O4. The van der Waals surface area contributed by atoms with Crippen LogP contribution in [0.5, 0.6) is 0 Å². The Hall–Kier alpha value is -2.57. The number of carbonyl (C=O) groups excluding carboxylic acids is 2. The molecular weight excluding hydrogens is 344 g/mol. The van der Waals surface area contributed by atoms with Gasteiger partial charge in [-0.05, 0) is 35.4 Å². The van der Waals surface area contributed by atoms with Crippen LogP contribution >= 0.6 is 0 Å². The number of Topliss-reactive ketones (excluding diaryl/α,β-unsaturated/α-hetero) is 1. The van der Waals surface area contributed by atoms with Crippen molar-refractivity contribution >= 4 is 11.7 Å². The summed E-state index contributed by atoms with van der Waals surface area (Å²) in [4.78, 5) is 29.2. The fourth-order valence-electron chi connectivity index (χ4n) is 3.90. The number of benzene rings is 1. The van der Waals surface area contributed by atoms with Gasteiger partial charge in [0.15, 0.2) is 5.78 Å². The quantitative estimate of drug-likeness (QED) is 0.764. The van der Waals surface area contributed by atoms with Crippen molar-refractivity contribution in [2.24, 2.45) is 17.8 Å². The summed E-state index contributed by atoms with van der Waals surface area (Å²) in [5.41, 5.74) is 1.50. The zero-order valence-electron chi connectivity index (χ0n) is 15.1. The molecule has 2 heterocycles. The van der Waals surface area contributed by atoms with Crippen molar-refractivity contribution < 1.29 is 19.4 Å². The van der Waals surface area contributed by atoms with Gasteiger partial charge in [-0.3, -0.25) is 9.59 Å². The van der Waals surface area contributed by atoms with Gasteiger partial charge in [-0.2, -0.15) is 0 Å². The number of aromatic nitrogens is 1. The van der Waals surface area contributed by atoms with E-state index in [-0.39, 0.29) is 17.4 Å². The number of nitrogens with zero attached hydrogens (tertiary/aromatic N) is 1. The minimum Gasteiger partial charge on any atom is -0.382 e. The molecule has 0 spiro atoms. The number of carbonyl (C=O) groups is 2. The summed E-state index contributed by atoms with van der Waals surface area (Å²) in [5, 5.41) is 13.2. The van der Waals surface area contributed by atoms with Crippen LogP contribution in [0.4, 0.5) is 0 Å². The fourth-order valence-corrected chi connectivity index (χ4v) is 3.90. The Balaban J connectivity index is 1.62. The van der Waals surface area contributed by atoms with Crippen LogP contribution in [0.25, 0.3) is 0 Å². The highest BCUT2D eigenvalue weighted by atomic mass is 16.5. The molecule has 0 radical (unpaired) electrons. The number of hydrogen-bond donors (Lipinski definition) is 2. The molecule has 1 aliphatic heterocycles. The zero-order valence-corrected chi connectivity index (χ0v) is 15.1. The van der Waals surface area contributed by atoms with E-state index in [0.29, 0.717) is 41.0 Å². The molecule has 2 aromatic rings. The van der Waals surface area contributed by atoms with Crippen LogP contribution in [0.1, 0.15) is 44.6 Å². The molecule has 2 aliphatic rings. The van der Waals surface area contributed by atoms with Crippen molar-refractivity contribution in [1.82, 2.24) is 10.3 Å². The van der Waals surface area contributed by atoms with Crippen molar-refractivity contribution in [3.63, 3.8) is 0 Å². The van der Waals surface area contributed by atoms with Gasteiger partial charge in [0.25, 0.3) is 5.91 Å². The van der Waals surface area contributed by atoms with Gasteiger partial charge in [0.2, 0.25) is 0 Å². The Bertz CT molecular complexity index is 858. The predicted octanol–water partition coefficient (Wildman–Crippen LogP) is 1.99. The predicted molar refractivity (Wildman–Crippen MR) is 98.4 cm³/mol. The van der Waals surface area contributed by atoms with Gasteiger partial charge >= 0.3 is 0 Å². The van der Waals surface area contributed by atoms with E-state index in [1.54, 1.807) is 18.2 Å². The first-order valence-corrected chi connectivity index (χ1v) is 9.16. The van der Waals surface area contributed by atoms with Gasteiger partial charge in [0, 0.05) is 19.0 Å².